The number of hydrogen-bond donors (Lipinski definition) is 3. The van der Waals surface area contributed by atoms with Gasteiger partial charge in [0.05, 0.1) is 6.04 Å². The molecule has 0 heterocycles. The molecule has 0 radical (unpaired) electrons. The van der Waals surface area contributed by atoms with Gasteiger partial charge in [-0.05, 0) is 43.5 Å². The van der Waals surface area contributed by atoms with Crippen molar-refractivity contribution in [2.45, 2.75) is 45.8 Å². The Bertz CT molecular complexity index is 764. The van der Waals surface area contributed by atoms with Crippen molar-refractivity contribution in [2.75, 3.05) is 7.05 Å². The van der Waals surface area contributed by atoms with Crippen LogP contribution in [0, 0.1) is 0 Å². The Morgan fingerprint density at radius 1 is 1.04 bits per heavy atom. The van der Waals surface area contributed by atoms with Crippen LogP contribution in [-0.2, 0) is 6.54 Å². The van der Waals surface area contributed by atoms with E-state index in [9.17, 15) is 4.79 Å². The molecule has 152 valence electrons. The Balaban J connectivity index is 0.00000392. The third kappa shape index (κ3) is 7.50. The van der Waals surface area contributed by atoms with Crippen LogP contribution in [0.25, 0.3) is 0 Å². The number of hydrogen-bond acceptors (Lipinski definition) is 2. The maximum Gasteiger partial charge on any atom is 0.251 e. The molecule has 2 atom stereocenters. The molecule has 2 aromatic carbocycles. The summed E-state index contributed by atoms with van der Waals surface area (Å²) in [5.74, 6) is 0.687. The van der Waals surface area contributed by atoms with Crippen LogP contribution in [0.4, 0.5) is 0 Å². The summed E-state index contributed by atoms with van der Waals surface area (Å²) in [6.07, 6.45) is 0.911. The average molecular weight is 494 g/mol. The highest BCUT2D eigenvalue weighted by Crippen LogP contribution is 2.11. The van der Waals surface area contributed by atoms with Gasteiger partial charge in [-0.2, -0.15) is 0 Å². The van der Waals surface area contributed by atoms with Gasteiger partial charge in [0.15, 0.2) is 5.96 Å². The number of carbonyl (C=O) groups excluding carboxylic acids is 1. The van der Waals surface area contributed by atoms with Crippen LogP contribution in [0.5, 0.6) is 0 Å². The summed E-state index contributed by atoms with van der Waals surface area (Å²) in [6, 6.07) is 18.2. The monoisotopic (exact) mass is 494 g/mol. The summed E-state index contributed by atoms with van der Waals surface area (Å²) < 4.78 is 0. The minimum absolute atomic E-state index is 0. The molecule has 1 amide bonds. The standard InChI is InChI=1S/C22H30N4O.HI/c1-5-16(2)25-21(27)20-13-9-10-18(14-20)15-24-22(23-4)26-17(3)19-11-7-6-8-12-19;/h6-14,16-17H,5,15H2,1-4H3,(H,25,27)(H2,23,24,26);1H. The Hall–Kier alpha value is -2.09. The van der Waals surface area contributed by atoms with Crippen molar-refractivity contribution in [1.82, 2.24) is 16.0 Å². The van der Waals surface area contributed by atoms with E-state index in [0.717, 1.165) is 17.9 Å². The molecule has 5 nitrogen and oxygen atoms in total. The molecular formula is C22H31IN4O. The molecule has 3 N–H and O–H groups in total. The molecule has 0 fully saturated rings. The zero-order valence-electron chi connectivity index (χ0n) is 17.0. The summed E-state index contributed by atoms with van der Waals surface area (Å²) in [5, 5.41) is 9.69. The van der Waals surface area contributed by atoms with E-state index in [-0.39, 0.29) is 42.0 Å². The number of guanidine groups is 1. The second-order valence-corrected chi connectivity index (χ2v) is 6.69. The second kappa shape index (κ2) is 12.4. The highest BCUT2D eigenvalue weighted by atomic mass is 127. The first-order valence-corrected chi connectivity index (χ1v) is 9.45. The molecule has 2 unspecified atom stereocenters. The lowest BCUT2D eigenvalue weighted by atomic mass is 10.1. The van der Waals surface area contributed by atoms with E-state index in [1.165, 1.54) is 5.56 Å². The molecule has 2 aromatic rings. The minimum atomic E-state index is -0.0357. The van der Waals surface area contributed by atoms with E-state index in [0.29, 0.717) is 12.1 Å². The number of amides is 1. The lowest BCUT2D eigenvalue weighted by molar-refractivity contribution is 0.0939. The Kier molecular flexibility index (Phi) is 10.6. The molecule has 0 aliphatic carbocycles. The van der Waals surface area contributed by atoms with E-state index < -0.39 is 0 Å². The molecule has 0 bridgehead atoms. The maximum atomic E-state index is 12.3. The van der Waals surface area contributed by atoms with Crippen LogP contribution in [0.15, 0.2) is 59.6 Å². The average Bonchev–Trinajstić information content (AvgIpc) is 2.71. The number of benzene rings is 2. The van der Waals surface area contributed by atoms with Crippen molar-refractivity contribution in [2.24, 2.45) is 4.99 Å². The number of aliphatic imine (C=N–C) groups is 1. The highest BCUT2D eigenvalue weighted by Gasteiger charge is 2.10. The number of rotatable bonds is 7. The van der Waals surface area contributed by atoms with Crippen molar-refractivity contribution in [1.29, 1.82) is 0 Å². The molecule has 0 aliphatic rings. The fraction of sp³-hybridized carbons (Fsp3) is 0.364. The number of nitrogens with zero attached hydrogens (tertiary/aromatic N) is 1. The normalized spacial score (nSPS) is 13.1. The minimum Gasteiger partial charge on any atom is -0.352 e. The predicted molar refractivity (Wildman–Crippen MR) is 127 cm³/mol. The summed E-state index contributed by atoms with van der Waals surface area (Å²) in [4.78, 5) is 16.6. The fourth-order valence-electron chi connectivity index (χ4n) is 2.64. The molecule has 6 heteroatoms. The molecule has 28 heavy (non-hydrogen) atoms. The number of nitrogens with one attached hydrogen (secondary N) is 3. The number of halogens is 1. The van der Waals surface area contributed by atoms with Gasteiger partial charge in [-0.25, -0.2) is 0 Å². The van der Waals surface area contributed by atoms with Gasteiger partial charge in [0.25, 0.3) is 5.91 Å². The Morgan fingerprint density at radius 3 is 2.39 bits per heavy atom. The topological polar surface area (TPSA) is 65.5 Å². The summed E-state index contributed by atoms with van der Waals surface area (Å²) >= 11 is 0. The molecular weight excluding hydrogens is 463 g/mol. The highest BCUT2D eigenvalue weighted by molar-refractivity contribution is 14.0. The summed E-state index contributed by atoms with van der Waals surface area (Å²) in [6.45, 7) is 6.75. The van der Waals surface area contributed by atoms with Gasteiger partial charge in [-0.3, -0.25) is 9.79 Å². The lowest BCUT2D eigenvalue weighted by Crippen LogP contribution is -2.38. The van der Waals surface area contributed by atoms with Gasteiger partial charge in [-0.15, -0.1) is 24.0 Å². The van der Waals surface area contributed by atoms with E-state index in [2.05, 4.69) is 46.9 Å². The third-order valence-corrected chi connectivity index (χ3v) is 4.52. The van der Waals surface area contributed by atoms with Crippen molar-refractivity contribution >= 4 is 35.8 Å². The molecule has 0 spiro atoms. The van der Waals surface area contributed by atoms with Gasteiger partial charge >= 0.3 is 0 Å². The van der Waals surface area contributed by atoms with Gasteiger partial charge in [0.1, 0.15) is 0 Å². The van der Waals surface area contributed by atoms with Gasteiger partial charge in [0.2, 0.25) is 0 Å². The van der Waals surface area contributed by atoms with Crippen LogP contribution in [0.2, 0.25) is 0 Å². The maximum absolute atomic E-state index is 12.3. The number of carbonyl (C=O) groups is 1. The van der Waals surface area contributed by atoms with Gasteiger partial charge in [-0.1, -0.05) is 49.4 Å². The third-order valence-electron chi connectivity index (χ3n) is 4.52. The van der Waals surface area contributed by atoms with Crippen molar-refractivity contribution < 1.29 is 4.79 Å². The first-order chi connectivity index (χ1) is 13.0. The first kappa shape index (κ1) is 23.9. The first-order valence-electron chi connectivity index (χ1n) is 9.45. The van der Waals surface area contributed by atoms with E-state index >= 15 is 0 Å². The van der Waals surface area contributed by atoms with Crippen molar-refractivity contribution in [3.8, 4) is 0 Å². The van der Waals surface area contributed by atoms with Crippen molar-refractivity contribution in [3.05, 3.63) is 71.3 Å². The van der Waals surface area contributed by atoms with E-state index in [4.69, 9.17) is 0 Å². The fourth-order valence-corrected chi connectivity index (χ4v) is 2.64. The Morgan fingerprint density at radius 2 is 1.75 bits per heavy atom. The summed E-state index contributed by atoms with van der Waals surface area (Å²) in [5.41, 5.74) is 2.90. The molecule has 2 rings (SSSR count). The van der Waals surface area contributed by atoms with Crippen LogP contribution >= 0.6 is 24.0 Å². The van der Waals surface area contributed by atoms with Crippen LogP contribution < -0.4 is 16.0 Å². The predicted octanol–water partition coefficient (Wildman–Crippen LogP) is 4.26. The molecule has 0 aromatic heterocycles. The van der Waals surface area contributed by atoms with E-state index in [1.54, 1.807) is 7.05 Å². The quantitative estimate of drug-likeness (QED) is 0.306. The molecule has 0 saturated heterocycles. The molecule has 0 aliphatic heterocycles. The van der Waals surface area contributed by atoms with Crippen molar-refractivity contribution in [3.63, 3.8) is 0 Å². The zero-order chi connectivity index (χ0) is 19.6. The van der Waals surface area contributed by atoms with Gasteiger partial charge < -0.3 is 16.0 Å². The van der Waals surface area contributed by atoms with Crippen LogP contribution in [-0.4, -0.2) is 25.0 Å². The second-order valence-electron chi connectivity index (χ2n) is 6.69. The SMILES string of the molecule is CCC(C)NC(=O)c1cccc(CNC(=NC)NC(C)c2ccccc2)c1.I. The Labute approximate surface area is 185 Å². The zero-order valence-corrected chi connectivity index (χ0v) is 19.4. The lowest BCUT2D eigenvalue weighted by Gasteiger charge is -2.18. The van der Waals surface area contributed by atoms with E-state index in [1.807, 2.05) is 49.4 Å². The largest absolute Gasteiger partial charge is 0.352 e. The van der Waals surface area contributed by atoms with Crippen LogP contribution in [0.3, 0.4) is 0 Å². The van der Waals surface area contributed by atoms with Crippen LogP contribution in [0.1, 0.15) is 54.7 Å². The van der Waals surface area contributed by atoms with Gasteiger partial charge in [0, 0.05) is 25.2 Å². The summed E-state index contributed by atoms with van der Waals surface area (Å²) in [7, 11) is 1.75. The smallest absolute Gasteiger partial charge is 0.251 e. The molecule has 0 saturated carbocycles.